The monoisotopic (exact) mass is 396 g/mol. The van der Waals surface area contributed by atoms with Crippen LogP contribution in [0.2, 0.25) is 0 Å². The maximum atomic E-state index is 12.8. The maximum Gasteiger partial charge on any atom is 0.337 e. The van der Waals surface area contributed by atoms with Crippen molar-refractivity contribution in [2.45, 2.75) is 13.0 Å². The van der Waals surface area contributed by atoms with Crippen molar-refractivity contribution < 1.29 is 23.9 Å². The van der Waals surface area contributed by atoms with Gasteiger partial charge in [0.05, 0.1) is 37.8 Å². The molecule has 0 radical (unpaired) electrons. The van der Waals surface area contributed by atoms with E-state index < -0.39 is 18.0 Å². The zero-order valence-corrected chi connectivity index (χ0v) is 16.0. The van der Waals surface area contributed by atoms with E-state index in [0.29, 0.717) is 0 Å². The molecule has 0 spiro atoms. The van der Waals surface area contributed by atoms with Crippen LogP contribution in [-0.4, -0.2) is 48.6 Å². The molecule has 0 fully saturated rings. The Morgan fingerprint density at radius 2 is 1.79 bits per heavy atom. The van der Waals surface area contributed by atoms with Crippen molar-refractivity contribution in [1.29, 1.82) is 5.26 Å². The van der Waals surface area contributed by atoms with E-state index in [1.807, 2.05) is 12.1 Å². The first-order chi connectivity index (χ1) is 14.0. The molecular weight excluding hydrogens is 376 g/mol. The minimum atomic E-state index is -0.664. The van der Waals surface area contributed by atoms with Crippen LogP contribution in [-0.2, 0) is 16.0 Å². The van der Waals surface area contributed by atoms with Crippen molar-refractivity contribution in [3.05, 3.63) is 59.4 Å². The highest BCUT2D eigenvalue weighted by molar-refractivity contribution is 5.99. The molecule has 1 heterocycles. The number of nitriles is 1. The van der Waals surface area contributed by atoms with Crippen LogP contribution in [0.3, 0.4) is 0 Å². The van der Waals surface area contributed by atoms with Gasteiger partial charge in [-0.15, -0.1) is 0 Å². The van der Waals surface area contributed by atoms with Crippen molar-refractivity contribution in [1.82, 2.24) is 9.88 Å². The van der Waals surface area contributed by atoms with E-state index in [0.717, 1.165) is 5.56 Å². The smallest absolute Gasteiger partial charge is 0.337 e. The first kappa shape index (κ1) is 21.4. The van der Waals surface area contributed by atoms with E-state index >= 15 is 0 Å². The molecule has 2 rings (SSSR count). The van der Waals surface area contributed by atoms with E-state index in [9.17, 15) is 14.4 Å². The van der Waals surface area contributed by atoms with Gasteiger partial charge < -0.3 is 19.7 Å². The number of carbonyl (C=O) groups excluding carboxylic acids is 3. The average molecular weight is 396 g/mol. The lowest BCUT2D eigenvalue weighted by molar-refractivity contribution is 0.0599. The third-order valence-corrected chi connectivity index (χ3v) is 3.90. The molecule has 2 amide bonds. The summed E-state index contributed by atoms with van der Waals surface area (Å²) in [4.78, 5) is 42.0. The molecule has 1 aromatic carbocycles. The highest BCUT2D eigenvalue weighted by Crippen LogP contribution is 2.18. The molecule has 0 atom stereocenters. The second kappa shape index (κ2) is 10.4. The van der Waals surface area contributed by atoms with Gasteiger partial charge in [-0.25, -0.2) is 14.4 Å². The fourth-order valence-electron chi connectivity index (χ4n) is 2.52. The lowest BCUT2D eigenvalue weighted by atomic mass is 10.1. The summed E-state index contributed by atoms with van der Waals surface area (Å²) in [6.45, 7) is 0.430. The zero-order chi connectivity index (χ0) is 21.2. The van der Waals surface area contributed by atoms with Crippen LogP contribution in [0.4, 0.5) is 10.5 Å². The molecule has 0 bridgehead atoms. The molecule has 150 valence electrons. The third kappa shape index (κ3) is 6.04. The van der Waals surface area contributed by atoms with Gasteiger partial charge in [0.25, 0.3) is 0 Å². The number of methoxy groups -OCH3 is 2. The summed E-state index contributed by atoms with van der Waals surface area (Å²) in [7, 11) is 2.42. The number of esters is 2. The number of amides is 2. The molecule has 2 aromatic rings. The number of nitrogens with one attached hydrogen (secondary N) is 1. The van der Waals surface area contributed by atoms with Crippen molar-refractivity contribution in [2.75, 3.05) is 26.1 Å². The summed E-state index contributed by atoms with van der Waals surface area (Å²) >= 11 is 0. The first-order valence-corrected chi connectivity index (χ1v) is 8.62. The van der Waals surface area contributed by atoms with Gasteiger partial charge in [0.2, 0.25) is 0 Å². The summed E-state index contributed by atoms with van der Waals surface area (Å²) in [5.74, 6) is -1.33. The Labute approximate surface area is 167 Å². The van der Waals surface area contributed by atoms with E-state index in [4.69, 9.17) is 5.26 Å². The van der Waals surface area contributed by atoms with Gasteiger partial charge in [0, 0.05) is 31.2 Å². The van der Waals surface area contributed by atoms with Crippen LogP contribution >= 0.6 is 0 Å². The Kier molecular flexibility index (Phi) is 7.68. The lowest BCUT2D eigenvalue weighted by Gasteiger charge is -2.22. The number of aromatic nitrogens is 1. The predicted molar refractivity (Wildman–Crippen MR) is 103 cm³/mol. The first-order valence-electron chi connectivity index (χ1n) is 8.62. The number of hydrogen-bond donors (Lipinski definition) is 1. The molecule has 0 saturated heterocycles. The Morgan fingerprint density at radius 1 is 1.14 bits per heavy atom. The number of nitrogens with zero attached hydrogens (tertiary/aromatic N) is 3. The van der Waals surface area contributed by atoms with Gasteiger partial charge in [0.15, 0.2) is 0 Å². The van der Waals surface area contributed by atoms with E-state index in [-0.39, 0.29) is 36.3 Å². The van der Waals surface area contributed by atoms with Crippen LogP contribution in [0.5, 0.6) is 0 Å². The van der Waals surface area contributed by atoms with Crippen LogP contribution in [0.1, 0.15) is 32.7 Å². The zero-order valence-electron chi connectivity index (χ0n) is 16.0. The maximum absolute atomic E-state index is 12.8. The molecule has 1 aromatic heterocycles. The molecular formula is C20H20N4O5. The topological polar surface area (TPSA) is 122 Å². The van der Waals surface area contributed by atoms with Crippen molar-refractivity contribution in [2.24, 2.45) is 0 Å². The normalized spacial score (nSPS) is 9.83. The van der Waals surface area contributed by atoms with Crippen molar-refractivity contribution >= 4 is 23.7 Å². The summed E-state index contributed by atoms with van der Waals surface area (Å²) in [6.07, 6.45) is 3.39. The second-order valence-electron chi connectivity index (χ2n) is 5.90. The van der Waals surface area contributed by atoms with Gasteiger partial charge in [-0.2, -0.15) is 5.26 Å². The predicted octanol–water partition coefficient (Wildman–Crippen LogP) is 2.60. The third-order valence-electron chi connectivity index (χ3n) is 3.90. The average Bonchev–Trinajstić information content (AvgIpc) is 2.75. The second-order valence-corrected chi connectivity index (χ2v) is 5.90. The van der Waals surface area contributed by atoms with Gasteiger partial charge in [-0.05, 0) is 29.8 Å². The number of pyridine rings is 1. The standard InChI is InChI=1S/C20H20N4O5/c1-28-18(25)15-9-16(19(26)29-2)11-17(10-15)23-20(27)24(8-4-6-21)13-14-5-3-7-22-12-14/h3,5,7,9-12H,4,8,13H2,1-2H3,(H,23,27). The number of carbonyl (C=O) groups is 3. The lowest BCUT2D eigenvalue weighted by Crippen LogP contribution is -2.35. The SMILES string of the molecule is COC(=O)c1cc(NC(=O)N(CCC#N)Cc2cccnc2)cc(C(=O)OC)c1. The van der Waals surface area contributed by atoms with Gasteiger partial charge >= 0.3 is 18.0 Å². The quantitative estimate of drug-likeness (QED) is 0.714. The molecule has 0 aliphatic carbocycles. The molecule has 29 heavy (non-hydrogen) atoms. The molecule has 0 unspecified atom stereocenters. The Balaban J connectivity index is 2.28. The highest BCUT2D eigenvalue weighted by Gasteiger charge is 2.18. The number of urea groups is 1. The Hall–Kier alpha value is -3.93. The summed E-state index contributed by atoms with van der Waals surface area (Å²) in [5, 5.41) is 11.5. The van der Waals surface area contributed by atoms with Crippen molar-refractivity contribution in [3.8, 4) is 6.07 Å². The number of anilines is 1. The highest BCUT2D eigenvalue weighted by atomic mass is 16.5. The largest absolute Gasteiger partial charge is 0.465 e. The molecule has 9 nitrogen and oxygen atoms in total. The van der Waals surface area contributed by atoms with Gasteiger partial charge in [-0.3, -0.25) is 4.98 Å². The number of ether oxygens (including phenoxy) is 2. The van der Waals surface area contributed by atoms with Gasteiger partial charge in [0.1, 0.15) is 0 Å². The van der Waals surface area contributed by atoms with Crippen LogP contribution < -0.4 is 5.32 Å². The van der Waals surface area contributed by atoms with Crippen LogP contribution in [0.25, 0.3) is 0 Å². The molecule has 0 saturated carbocycles. The fraction of sp³-hybridized carbons (Fsp3) is 0.250. The van der Waals surface area contributed by atoms with Crippen molar-refractivity contribution in [3.63, 3.8) is 0 Å². The molecule has 9 heteroatoms. The minimum absolute atomic E-state index is 0.0848. The van der Waals surface area contributed by atoms with Gasteiger partial charge in [-0.1, -0.05) is 6.07 Å². The molecule has 0 aliphatic heterocycles. The summed E-state index contributed by atoms with van der Waals surface area (Å²) in [6, 6.07) is 9.17. The summed E-state index contributed by atoms with van der Waals surface area (Å²) < 4.78 is 9.37. The van der Waals surface area contributed by atoms with E-state index in [1.54, 1.807) is 18.5 Å². The van der Waals surface area contributed by atoms with E-state index in [2.05, 4.69) is 19.8 Å². The Morgan fingerprint density at radius 3 is 2.31 bits per heavy atom. The van der Waals surface area contributed by atoms with E-state index in [1.165, 1.54) is 37.3 Å². The molecule has 1 N–H and O–H groups in total. The molecule has 0 aliphatic rings. The Bertz CT molecular complexity index is 890. The van der Waals surface area contributed by atoms with Crippen LogP contribution in [0, 0.1) is 11.3 Å². The number of benzene rings is 1. The fourth-order valence-corrected chi connectivity index (χ4v) is 2.52. The minimum Gasteiger partial charge on any atom is -0.465 e. The number of rotatable bonds is 7. The van der Waals surface area contributed by atoms with Crippen LogP contribution in [0.15, 0.2) is 42.7 Å². The summed E-state index contributed by atoms with van der Waals surface area (Å²) in [5.41, 5.74) is 1.17. The number of hydrogen-bond acceptors (Lipinski definition) is 7.